The van der Waals surface area contributed by atoms with Gasteiger partial charge in [0.25, 0.3) is 5.91 Å². The fraction of sp³-hybridized carbons (Fsp3) is 0.606. The first-order valence-electron chi connectivity index (χ1n) is 15.7. The maximum atomic E-state index is 13.5. The number of amides is 1. The number of carbonyl (C=O) groups is 1. The summed E-state index contributed by atoms with van der Waals surface area (Å²) in [5, 5.41) is 0. The highest BCUT2D eigenvalue weighted by Crippen LogP contribution is 2.41. The second kappa shape index (κ2) is 13.3. The molecular formula is C33H49N7O. The lowest BCUT2D eigenvalue weighted by molar-refractivity contribution is 0.0629. The van der Waals surface area contributed by atoms with Crippen molar-refractivity contribution in [3.63, 3.8) is 0 Å². The average molecular weight is 560 g/mol. The monoisotopic (exact) mass is 559 g/mol. The molecule has 5 rings (SSSR count). The molecule has 1 N–H and O–H groups in total. The zero-order valence-electron chi connectivity index (χ0n) is 25.6. The van der Waals surface area contributed by atoms with Crippen LogP contribution in [0.1, 0.15) is 87.4 Å². The summed E-state index contributed by atoms with van der Waals surface area (Å²) in [6.45, 7) is 16.3. The molecule has 8 nitrogen and oxygen atoms in total. The van der Waals surface area contributed by atoms with Crippen LogP contribution in [0.4, 0.5) is 0 Å². The number of likely N-dealkylation sites (tertiary alicyclic amines) is 2. The van der Waals surface area contributed by atoms with Gasteiger partial charge in [-0.1, -0.05) is 39.8 Å². The molecule has 222 valence electrons. The lowest BCUT2D eigenvalue weighted by atomic mass is 9.77. The molecular weight excluding hydrogens is 510 g/mol. The average Bonchev–Trinajstić information content (AvgIpc) is 3.73. The van der Waals surface area contributed by atoms with E-state index in [1.807, 2.05) is 24.5 Å². The van der Waals surface area contributed by atoms with Crippen molar-refractivity contribution in [1.82, 2.24) is 34.2 Å². The quantitative estimate of drug-likeness (QED) is 0.314. The Morgan fingerprint density at radius 3 is 2.37 bits per heavy atom. The van der Waals surface area contributed by atoms with Gasteiger partial charge < -0.3 is 19.4 Å². The summed E-state index contributed by atoms with van der Waals surface area (Å²) >= 11 is 0. The van der Waals surface area contributed by atoms with E-state index >= 15 is 0 Å². The van der Waals surface area contributed by atoms with E-state index < -0.39 is 0 Å². The SMILES string of the molecule is CCC(CC)N1CCC2(CCN(C(=O)c3ccc(CN(Cc4ncc[nH]4)Cc4nccn4CC(C)C)cc3)C2)CC1. The predicted octanol–water partition coefficient (Wildman–Crippen LogP) is 5.58. The number of benzene rings is 1. The number of nitrogens with zero attached hydrogens (tertiary/aromatic N) is 6. The van der Waals surface area contributed by atoms with Crippen LogP contribution in [0, 0.1) is 11.3 Å². The Morgan fingerprint density at radius 2 is 1.71 bits per heavy atom. The Labute approximate surface area is 246 Å². The van der Waals surface area contributed by atoms with Gasteiger partial charge in [0.1, 0.15) is 11.6 Å². The Bertz CT molecular complexity index is 1220. The van der Waals surface area contributed by atoms with Crippen LogP contribution < -0.4 is 0 Å². The number of H-pyrrole nitrogens is 1. The van der Waals surface area contributed by atoms with E-state index in [1.54, 1.807) is 6.20 Å². The molecule has 2 aromatic heterocycles. The molecule has 41 heavy (non-hydrogen) atoms. The van der Waals surface area contributed by atoms with Crippen LogP contribution in [-0.4, -0.2) is 72.3 Å². The van der Waals surface area contributed by atoms with Crippen LogP contribution >= 0.6 is 0 Å². The number of aromatic nitrogens is 4. The Balaban J connectivity index is 1.20. The number of hydrogen-bond acceptors (Lipinski definition) is 5. The van der Waals surface area contributed by atoms with Gasteiger partial charge in [0.05, 0.1) is 13.1 Å². The van der Waals surface area contributed by atoms with Gasteiger partial charge in [-0.15, -0.1) is 0 Å². The van der Waals surface area contributed by atoms with E-state index in [4.69, 9.17) is 0 Å². The number of nitrogens with one attached hydrogen (secondary N) is 1. The summed E-state index contributed by atoms with van der Waals surface area (Å²) in [6, 6.07) is 8.97. The molecule has 0 unspecified atom stereocenters. The Kier molecular flexibility index (Phi) is 9.60. The van der Waals surface area contributed by atoms with Gasteiger partial charge in [-0.2, -0.15) is 0 Å². The molecule has 0 aliphatic carbocycles. The van der Waals surface area contributed by atoms with Gasteiger partial charge in [-0.25, -0.2) is 9.97 Å². The smallest absolute Gasteiger partial charge is 0.253 e. The van der Waals surface area contributed by atoms with Crippen molar-refractivity contribution in [2.24, 2.45) is 11.3 Å². The molecule has 8 heteroatoms. The second-order valence-electron chi connectivity index (χ2n) is 12.8. The largest absolute Gasteiger partial charge is 0.348 e. The predicted molar refractivity (Wildman–Crippen MR) is 163 cm³/mol. The summed E-state index contributed by atoms with van der Waals surface area (Å²) in [6.07, 6.45) is 13.7. The molecule has 3 aromatic rings. The van der Waals surface area contributed by atoms with E-state index in [9.17, 15) is 4.79 Å². The van der Waals surface area contributed by atoms with Gasteiger partial charge in [0, 0.05) is 62.6 Å². The minimum Gasteiger partial charge on any atom is -0.348 e. The Morgan fingerprint density at radius 1 is 0.976 bits per heavy atom. The maximum absolute atomic E-state index is 13.5. The van der Waals surface area contributed by atoms with Gasteiger partial charge in [-0.05, 0) is 74.2 Å². The van der Waals surface area contributed by atoms with Crippen LogP contribution in [-0.2, 0) is 26.2 Å². The third kappa shape index (κ3) is 7.28. The number of carbonyl (C=O) groups excluding carboxylic acids is 1. The summed E-state index contributed by atoms with van der Waals surface area (Å²) in [7, 11) is 0. The molecule has 1 spiro atoms. The lowest BCUT2D eigenvalue weighted by Crippen LogP contribution is -2.46. The summed E-state index contributed by atoms with van der Waals surface area (Å²) in [5.41, 5.74) is 2.29. The maximum Gasteiger partial charge on any atom is 0.253 e. The van der Waals surface area contributed by atoms with Crippen molar-refractivity contribution in [3.8, 4) is 0 Å². The number of hydrogen-bond donors (Lipinski definition) is 1. The summed E-state index contributed by atoms with van der Waals surface area (Å²) in [5.74, 6) is 2.73. The molecule has 0 radical (unpaired) electrons. The standard InChI is InChI=1S/C33H49N7O/c1-5-29(6-2)38-17-11-33(12-18-38)13-19-40(25-33)32(41)28-9-7-27(8-10-28)22-37(23-30-34-14-15-35-30)24-31-36-16-20-39(31)21-26(3)4/h7-10,14-16,20,26,29H,5-6,11-13,17-19,21-25H2,1-4H3,(H,34,35). The summed E-state index contributed by atoms with van der Waals surface area (Å²) in [4.78, 5) is 33.0. The van der Waals surface area contributed by atoms with Crippen molar-refractivity contribution >= 4 is 5.91 Å². The number of rotatable bonds is 12. The van der Waals surface area contributed by atoms with Gasteiger partial charge in [0.2, 0.25) is 0 Å². The molecule has 4 heterocycles. The molecule has 0 bridgehead atoms. The lowest BCUT2D eigenvalue weighted by Gasteiger charge is -2.42. The summed E-state index contributed by atoms with van der Waals surface area (Å²) < 4.78 is 2.25. The molecule has 1 aromatic carbocycles. The van der Waals surface area contributed by atoms with Gasteiger partial charge >= 0.3 is 0 Å². The number of imidazole rings is 2. The van der Waals surface area contributed by atoms with Crippen molar-refractivity contribution in [2.75, 3.05) is 26.2 Å². The third-order valence-corrected chi connectivity index (χ3v) is 9.31. The van der Waals surface area contributed by atoms with Crippen LogP contribution in [0.3, 0.4) is 0 Å². The first-order chi connectivity index (χ1) is 19.9. The van der Waals surface area contributed by atoms with Crippen LogP contribution in [0.5, 0.6) is 0 Å². The van der Waals surface area contributed by atoms with Crippen molar-refractivity contribution in [1.29, 1.82) is 0 Å². The van der Waals surface area contributed by atoms with E-state index in [0.717, 1.165) is 56.4 Å². The molecule has 2 aliphatic heterocycles. The van der Waals surface area contributed by atoms with Crippen molar-refractivity contribution in [2.45, 2.75) is 92.0 Å². The highest BCUT2D eigenvalue weighted by atomic mass is 16.2. The van der Waals surface area contributed by atoms with Crippen LogP contribution in [0.15, 0.2) is 49.1 Å². The van der Waals surface area contributed by atoms with Crippen molar-refractivity contribution in [3.05, 3.63) is 71.8 Å². The first kappa shape index (κ1) is 29.5. The van der Waals surface area contributed by atoms with E-state index in [0.29, 0.717) is 23.9 Å². The van der Waals surface area contributed by atoms with E-state index in [1.165, 1.54) is 44.3 Å². The molecule has 0 saturated carbocycles. The molecule has 2 aliphatic rings. The fourth-order valence-corrected chi connectivity index (χ4v) is 6.89. The molecule has 1 amide bonds. The Hall–Kier alpha value is -2.97. The zero-order chi connectivity index (χ0) is 28.8. The highest BCUT2D eigenvalue weighted by molar-refractivity contribution is 5.94. The van der Waals surface area contributed by atoms with Gasteiger partial charge in [0.15, 0.2) is 0 Å². The topological polar surface area (TPSA) is 73.3 Å². The molecule has 2 fully saturated rings. The second-order valence-corrected chi connectivity index (χ2v) is 12.8. The minimum absolute atomic E-state index is 0.180. The molecule has 0 atom stereocenters. The first-order valence-corrected chi connectivity index (χ1v) is 15.7. The number of piperidine rings is 1. The number of aromatic amines is 1. The van der Waals surface area contributed by atoms with Crippen LogP contribution in [0.25, 0.3) is 0 Å². The van der Waals surface area contributed by atoms with Crippen LogP contribution in [0.2, 0.25) is 0 Å². The minimum atomic E-state index is 0.180. The normalized spacial score (nSPS) is 17.5. The van der Waals surface area contributed by atoms with Crippen molar-refractivity contribution < 1.29 is 4.79 Å². The highest BCUT2D eigenvalue weighted by Gasteiger charge is 2.42. The zero-order valence-corrected chi connectivity index (χ0v) is 25.6. The van der Waals surface area contributed by atoms with Gasteiger partial charge in [-0.3, -0.25) is 9.69 Å². The fourth-order valence-electron chi connectivity index (χ4n) is 6.89. The third-order valence-electron chi connectivity index (χ3n) is 9.31. The molecule has 2 saturated heterocycles. The van der Waals surface area contributed by atoms with E-state index in [2.05, 4.69) is 80.2 Å². The van der Waals surface area contributed by atoms with E-state index in [-0.39, 0.29) is 5.91 Å².